The van der Waals surface area contributed by atoms with Crippen LogP contribution in [-0.2, 0) is 17.8 Å². The summed E-state index contributed by atoms with van der Waals surface area (Å²) < 4.78 is 9.12. The number of rotatable bonds is 6. The Balaban J connectivity index is 1.28. The minimum Gasteiger partial charge on any atom is -0.497 e. The SMILES string of the molecule is COc1ccc(-n2ncc3c2CCC[C@@H]3NC(=O)CCn2ncc3ccccc32)cc1. The summed E-state index contributed by atoms with van der Waals surface area (Å²) in [5.41, 5.74) is 4.33. The number of nitrogens with zero attached hydrogens (tertiary/aromatic N) is 4. The van der Waals surface area contributed by atoms with Gasteiger partial charge in [0, 0.05) is 23.1 Å². The molecular formula is C24H25N5O2. The molecule has 1 aliphatic rings. The maximum Gasteiger partial charge on any atom is 0.222 e. The Hall–Kier alpha value is -3.61. The van der Waals surface area contributed by atoms with Crippen LogP contribution in [0.3, 0.4) is 0 Å². The molecule has 0 fully saturated rings. The summed E-state index contributed by atoms with van der Waals surface area (Å²) in [4.78, 5) is 12.7. The van der Waals surface area contributed by atoms with Crippen LogP contribution in [0.1, 0.15) is 36.6 Å². The second kappa shape index (κ2) is 8.26. The molecule has 1 amide bonds. The van der Waals surface area contributed by atoms with E-state index in [0.717, 1.165) is 47.2 Å². The highest BCUT2D eigenvalue weighted by Gasteiger charge is 2.26. The standard InChI is InChI=1S/C24H25N5O2/c1-31-19-11-9-18(10-12-19)29-23-8-4-6-21(20(23)16-26-29)27-24(30)13-14-28-22-7-3-2-5-17(22)15-25-28/h2-3,5,7,9-12,15-16,21H,4,6,8,13-14H2,1H3,(H,27,30)/t21-/m0/s1. The first-order chi connectivity index (χ1) is 15.2. The van der Waals surface area contributed by atoms with E-state index in [1.807, 2.05) is 70.3 Å². The third-order valence-corrected chi connectivity index (χ3v) is 5.94. The predicted molar refractivity (Wildman–Crippen MR) is 118 cm³/mol. The second-order valence-corrected chi connectivity index (χ2v) is 7.85. The van der Waals surface area contributed by atoms with Gasteiger partial charge in [0.15, 0.2) is 0 Å². The molecule has 5 rings (SSSR count). The molecule has 0 saturated carbocycles. The molecule has 7 heteroatoms. The van der Waals surface area contributed by atoms with Crippen LogP contribution in [0.25, 0.3) is 16.6 Å². The predicted octanol–water partition coefficient (Wildman–Crippen LogP) is 3.81. The van der Waals surface area contributed by atoms with Gasteiger partial charge in [0.25, 0.3) is 0 Å². The van der Waals surface area contributed by atoms with E-state index in [4.69, 9.17) is 4.74 Å². The summed E-state index contributed by atoms with van der Waals surface area (Å²) in [6.45, 7) is 0.560. The number of fused-ring (bicyclic) bond motifs is 2. The summed E-state index contributed by atoms with van der Waals surface area (Å²) in [6, 6.07) is 15.9. The number of ether oxygens (including phenoxy) is 1. The Morgan fingerprint density at radius 2 is 1.97 bits per heavy atom. The monoisotopic (exact) mass is 415 g/mol. The molecule has 4 aromatic rings. The molecular weight excluding hydrogens is 390 g/mol. The maximum atomic E-state index is 12.7. The zero-order valence-electron chi connectivity index (χ0n) is 17.5. The minimum absolute atomic E-state index is 0.00221. The first-order valence-electron chi connectivity index (χ1n) is 10.6. The number of aromatic nitrogens is 4. The molecule has 7 nitrogen and oxygen atoms in total. The molecule has 2 heterocycles. The van der Waals surface area contributed by atoms with Crippen molar-refractivity contribution in [3.8, 4) is 11.4 Å². The van der Waals surface area contributed by atoms with Crippen LogP contribution in [0.15, 0.2) is 60.9 Å². The highest BCUT2D eigenvalue weighted by atomic mass is 16.5. The second-order valence-electron chi connectivity index (χ2n) is 7.85. The minimum atomic E-state index is -0.00221. The van der Waals surface area contributed by atoms with Crippen LogP contribution in [-0.4, -0.2) is 32.6 Å². The molecule has 2 aromatic heterocycles. The normalized spacial score (nSPS) is 15.6. The van der Waals surface area contributed by atoms with Crippen LogP contribution in [0.5, 0.6) is 5.75 Å². The van der Waals surface area contributed by atoms with Crippen molar-refractivity contribution in [3.05, 3.63) is 72.2 Å². The first-order valence-corrected chi connectivity index (χ1v) is 10.6. The Bertz CT molecular complexity index is 1210. The Kier molecular flexibility index (Phi) is 5.16. The Morgan fingerprint density at radius 1 is 1.13 bits per heavy atom. The zero-order chi connectivity index (χ0) is 21.2. The largest absolute Gasteiger partial charge is 0.497 e. The van der Waals surface area contributed by atoms with Gasteiger partial charge in [-0.1, -0.05) is 18.2 Å². The maximum absolute atomic E-state index is 12.7. The van der Waals surface area contributed by atoms with E-state index in [-0.39, 0.29) is 11.9 Å². The van der Waals surface area contributed by atoms with Crippen molar-refractivity contribution in [3.63, 3.8) is 0 Å². The summed E-state index contributed by atoms with van der Waals surface area (Å²) in [7, 11) is 1.66. The smallest absolute Gasteiger partial charge is 0.222 e. The van der Waals surface area contributed by atoms with E-state index in [1.54, 1.807) is 7.11 Å². The number of carbonyl (C=O) groups is 1. The highest BCUT2D eigenvalue weighted by Crippen LogP contribution is 2.31. The highest BCUT2D eigenvalue weighted by molar-refractivity contribution is 5.79. The number of amides is 1. The molecule has 1 N–H and O–H groups in total. The van der Waals surface area contributed by atoms with Crippen LogP contribution in [0.2, 0.25) is 0 Å². The van der Waals surface area contributed by atoms with Gasteiger partial charge in [-0.3, -0.25) is 9.48 Å². The molecule has 0 unspecified atom stereocenters. The fraction of sp³-hybridized carbons (Fsp3) is 0.292. The molecule has 1 atom stereocenters. The molecule has 1 aliphatic carbocycles. The van der Waals surface area contributed by atoms with Crippen LogP contribution < -0.4 is 10.1 Å². The third-order valence-electron chi connectivity index (χ3n) is 5.94. The number of aryl methyl sites for hydroxylation is 1. The third kappa shape index (κ3) is 3.79. The number of methoxy groups -OCH3 is 1. The van der Waals surface area contributed by atoms with E-state index in [2.05, 4.69) is 15.5 Å². The summed E-state index contributed by atoms with van der Waals surface area (Å²) >= 11 is 0. The molecule has 0 spiro atoms. The van der Waals surface area contributed by atoms with Crippen molar-refractivity contribution in [2.24, 2.45) is 0 Å². The zero-order valence-corrected chi connectivity index (χ0v) is 17.5. The summed E-state index contributed by atoms with van der Waals surface area (Å²) in [5.74, 6) is 0.856. The van der Waals surface area contributed by atoms with Gasteiger partial charge in [0.2, 0.25) is 5.91 Å². The quantitative estimate of drug-likeness (QED) is 0.520. The number of hydrogen-bond acceptors (Lipinski definition) is 4. The van der Waals surface area contributed by atoms with Crippen LogP contribution >= 0.6 is 0 Å². The average molecular weight is 415 g/mol. The Labute approximate surface area is 180 Å². The summed E-state index contributed by atoms with van der Waals surface area (Å²) in [6.07, 6.45) is 7.03. The topological polar surface area (TPSA) is 74.0 Å². The molecule has 158 valence electrons. The van der Waals surface area contributed by atoms with E-state index in [1.165, 1.54) is 5.69 Å². The lowest BCUT2D eigenvalue weighted by Gasteiger charge is -2.24. The molecule has 0 radical (unpaired) electrons. The van der Waals surface area contributed by atoms with Gasteiger partial charge in [-0.15, -0.1) is 0 Å². The lowest BCUT2D eigenvalue weighted by molar-refractivity contribution is -0.122. The van der Waals surface area contributed by atoms with Crippen molar-refractivity contribution < 1.29 is 9.53 Å². The number of para-hydroxylation sites is 1. The fourth-order valence-electron chi connectivity index (χ4n) is 4.33. The lowest BCUT2D eigenvalue weighted by Crippen LogP contribution is -2.31. The van der Waals surface area contributed by atoms with E-state index < -0.39 is 0 Å². The van der Waals surface area contributed by atoms with Gasteiger partial charge >= 0.3 is 0 Å². The van der Waals surface area contributed by atoms with Crippen LogP contribution in [0, 0.1) is 0 Å². The van der Waals surface area contributed by atoms with Gasteiger partial charge in [-0.25, -0.2) is 4.68 Å². The van der Waals surface area contributed by atoms with Gasteiger partial charge in [-0.05, 0) is 49.6 Å². The molecule has 2 aromatic carbocycles. The van der Waals surface area contributed by atoms with Gasteiger partial charge < -0.3 is 10.1 Å². The van der Waals surface area contributed by atoms with Gasteiger partial charge in [0.05, 0.1) is 43.3 Å². The number of hydrogen-bond donors (Lipinski definition) is 1. The molecule has 0 aliphatic heterocycles. The van der Waals surface area contributed by atoms with Crippen molar-refractivity contribution in [1.29, 1.82) is 0 Å². The van der Waals surface area contributed by atoms with Gasteiger partial charge in [-0.2, -0.15) is 10.2 Å². The van der Waals surface area contributed by atoms with Crippen LogP contribution in [0.4, 0.5) is 0 Å². The average Bonchev–Trinajstić information content (AvgIpc) is 3.43. The number of carbonyl (C=O) groups excluding carboxylic acids is 1. The molecule has 0 saturated heterocycles. The molecule has 0 bridgehead atoms. The van der Waals surface area contributed by atoms with Crippen molar-refractivity contribution in [2.75, 3.05) is 7.11 Å². The van der Waals surface area contributed by atoms with E-state index in [0.29, 0.717) is 13.0 Å². The Morgan fingerprint density at radius 3 is 2.81 bits per heavy atom. The number of nitrogens with one attached hydrogen (secondary N) is 1. The van der Waals surface area contributed by atoms with Crippen molar-refractivity contribution in [1.82, 2.24) is 24.9 Å². The van der Waals surface area contributed by atoms with Crippen molar-refractivity contribution >= 4 is 16.8 Å². The van der Waals surface area contributed by atoms with E-state index in [9.17, 15) is 4.79 Å². The first kappa shape index (κ1) is 19.4. The van der Waals surface area contributed by atoms with Crippen molar-refractivity contribution in [2.45, 2.75) is 38.3 Å². The number of benzene rings is 2. The lowest BCUT2D eigenvalue weighted by atomic mass is 9.92. The fourth-order valence-corrected chi connectivity index (χ4v) is 4.33. The van der Waals surface area contributed by atoms with Gasteiger partial charge in [0.1, 0.15) is 5.75 Å². The summed E-state index contributed by atoms with van der Waals surface area (Å²) in [5, 5.41) is 13.3. The van der Waals surface area contributed by atoms with E-state index >= 15 is 0 Å². The molecule has 31 heavy (non-hydrogen) atoms.